The van der Waals surface area contributed by atoms with E-state index in [0.29, 0.717) is 12.8 Å². The van der Waals surface area contributed by atoms with Gasteiger partial charge in [-0.3, -0.25) is 14.4 Å². The number of hydrogen-bond donors (Lipinski definition) is 0. The van der Waals surface area contributed by atoms with Gasteiger partial charge in [-0.2, -0.15) is 0 Å². The first-order chi connectivity index (χ1) is 31.5. The summed E-state index contributed by atoms with van der Waals surface area (Å²) in [5, 5.41) is 0. The predicted octanol–water partition coefficient (Wildman–Crippen LogP) is 17.8. The molecule has 0 saturated carbocycles. The number of ether oxygens (including phenoxy) is 3. The molecule has 0 aliphatic rings. The van der Waals surface area contributed by atoms with Crippen LogP contribution in [0, 0.1) is 0 Å². The van der Waals surface area contributed by atoms with Crippen LogP contribution in [0.5, 0.6) is 0 Å². The van der Waals surface area contributed by atoms with Gasteiger partial charge in [0.05, 0.1) is 0 Å². The Morgan fingerprint density at radius 2 is 0.656 bits per heavy atom. The summed E-state index contributed by atoms with van der Waals surface area (Å²) in [5.41, 5.74) is 0. The monoisotopic (exact) mass is 893 g/mol. The minimum absolute atomic E-state index is 0.0989. The maximum Gasteiger partial charge on any atom is 0.306 e. The zero-order valence-electron chi connectivity index (χ0n) is 42.0. The van der Waals surface area contributed by atoms with E-state index in [1.54, 1.807) is 0 Å². The van der Waals surface area contributed by atoms with E-state index in [0.717, 1.165) is 122 Å². The Morgan fingerprint density at radius 3 is 1.05 bits per heavy atom. The molecule has 1 atom stereocenters. The first-order valence-corrected chi connectivity index (χ1v) is 27.0. The summed E-state index contributed by atoms with van der Waals surface area (Å²) in [7, 11) is 0. The zero-order chi connectivity index (χ0) is 46.5. The Balaban J connectivity index is 4.45. The summed E-state index contributed by atoms with van der Waals surface area (Å²) in [6.07, 6.45) is 66.0. The van der Waals surface area contributed by atoms with Gasteiger partial charge in [0.25, 0.3) is 0 Å². The summed E-state index contributed by atoms with van der Waals surface area (Å²) in [6, 6.07) is 0. The van der Waals surface area contributed by atoms with Gasteiger partial charge in [-0.05, 0) is 96.3 Å². The highest BCUT2D eigenvalue weighted by atomic mass is 16.6. The molecule has 1 unspecified atom stereocenters. The fourth-order valence-corrected chi connectivity index (χ4v) is 7.40. The normalized spacial score (nSPS) is 12.6. The average Bonchev–Trinajstić information content (AvgIpc) is 3.29. The zero-order valence-corrected chi connectivity index (χ0v) is 42.0. The van der Waals surface area contributed by atoms with Crippen molar-refractivity contribution in [2.75, 3.05) is 13.2 Å². The first-order valence-electron chi connectivity index (χ1n) is 27.0. The van der Waals surface area contributed by atoms with E-state index in [1.165, 1.54) is 96.3 Å². The van der Waals surface area contributed by atoms with Crippen LogP contribution in [0.25, 0.3) is 0 Å². The number of carbonyl (C=O) groups excluding carboxylic acids is 3. The van der Waals surface area contributed by atoms with Crippen molar-refractivity contribution in [1.29, 1.82) is 0 Å². The lowest BCUT2D eigenvalue weighted by atomic mass is 10.1. The third-order valence-corrected chi connectivity index (χ3v) is 11.5. The van der Waals surface area contributed by atoms with Crippen molar-refractivity contribution >= 4 is 17.9 Å². The number of hydrogen-bond acceptors (Lipinski definition) is 6. The topological polar surface area (TPSA) is 78.9 Å². The molecule has 64 heavy (non-hydrogen) atoms. The first kappa shape index (κ1) is 60.9. The molecule has 0 heterocycles. The number of carbonyl (C=O) groups is 3. The second-order valence-electron chi connectivity index (χ2n) is 17.8. The Labute approximate surface area is 395 Å². The summed E-state index contributed by atoms with van der Waals surface area (Å²) in [6.45, 7) is 6.48. The molecule has 0 N–H and O–H groups in total. The minimum Gasteiger partial charge on any atom is -0.462 e. The van der Waals surface area contributed by atoms with Gasteiger partial charge in [0.2, 0.25) is 0 Å². The van der Waals surface area contributed by atoms with Crippen LogP contribution in [-0.2, 0) is 28.6 Å². The van der Waals surface area contributed by atoms with E-state index in [9.17, 15) is 14.4 Å². The molecule has 6 heteroatoms. The Kier molecular flexibility index (Phi) is 49.9. The highest BCUT2D eigenvalue weighted by Crippen LogP contribution is 2.14. The molecule has 368 valence electrons. The lowest BCUT2D eigenvalue weighted by molar-refractivity contribution is -0.167. The SMILES string of the molecule is CC/C=C\C/C=C\CCCCCCCC(=O)OCC(COC(=O)CCCCCCC/C=C\C=C/CCCCCCCCC)OC(=O)CCCCC/C=C\C=C/CCCCCCCCC. The van der Waals surface area contributed by atoms with Crippen LogP contribution in [0.1, 0.15) is 258 Å². The van der Waals surface area contributed by atoms with Crippen molar-refractivity contribution in [3.63, 3.8) is 0 Å². The number of esters is 3. The Bertz CT molecular complexity index is 1210. The van der Waals surface area contributed by atoms with Gasteiger partial charge >= 0.3 is 17.9 Å². The smallest absolute Gasteiger partial charge is 0.306 e. The molecule has 0 spiro atoms. The molecule has 0 saturated heterocycles. The van der Waals surface area contributed by atoms with Crippen LogP contribution >= 0.6 is 0 Å². The lowest BCUT2D eigenvalue weighted by Gasteiger charge is -2.18. The van der Waals surface area contributed by atoms with Crippen LogP contribution < -0.4 is 0 Å². The molecular weight excluding hydrogens is 793 g/mol. The van der Waals surface area contributed by atoms with E-state index in [4.69, 9.17) is 14.2 Å². The molecule has 0 aliphatic carbocycles. The van der Waals surface area contributed by atoms with Crippen molar-refractivity contribution in [3.8, 4) is 0 Å². The van der Waals surface area contributed by atoms with Crippen LogP contribution in [0.3, 0.4) is 0 Å². The van der Waals surface area contributed by atoms with E-state index < -0.39 is 6.10 Å². The second kappa shape index (κ2) is 52.5. The van der Waals surface area contributed by atoms with Gasteiger partial charge in [0, 0.05) is 19.3 Å². The molecule has 6 nitrogen and oxygen atoms in total. The van der Waals surface area contributed by atoms with Crippen molar-refractivity contribution in [1.82, 2.24) is 0 Å². The second-order valence-corrected chi connectivity index (χ2v) is 17.8. The van der Waals surface area contributed by atoms with Crippen molar-refractivity contribution in [2.24, 2.45) is 0 Å². The highest BCUT2D eigenvalue weighted by Gasteiger charge is 2.19. The number of rotatable bonds is 48. The Hall–Kier alpha value is -3.15. The van der Waals surface area contributed by atoms with Gasteiger partial charge in [-0.1, -0.05) is 216 Å². The molecule has 0 radical (unpaired) electrons. The molecule has 0 aliphatic heterocycles. The molecule has 0 rings (SSSR count). The maximum absolute atomic E-state index is 12.8. The van der Waals surface area contributed by atoms with E-state index in [1.807, 2.05) is 0 Å². The standard InChI is InChI=1S/C58H100O6/c1-4-7-10-13-16-19-22-25-27-29-30-32-33-36-39-42-45-48-51-57(60)63-54-55(53-62-56(59)50-47-44-41-38-35-24-21-18-15-12-9-6-3)64-58(61)52-49-46-43-40-37-34-31-28-26-23-20-17-14-11-8-5-2/h9,12,18,21,27-32,34,37,55H,4-8,10-11,13-17,19-20,22-26,33,35-36,38-54H2,1-3H3/b12-9-,21-18-,29-27-,31-28-,32-30-,37-34-. The van der Waals surface area contributed by atoms with E-state index in [2.05, 4.69) is 93.7 Å². The molecule has 0 aromatic rings. The minimum atomic E-state index is -0.801. The predicted molar refractivity (Wildman–Crippen MR) is 274 cm³/mol. The highest BCUT2D eigenvalue weighted by molar-refractivity contribution is 5.71. The molecule has 0 amide bonds. The van der Waals surface area contributed by atoms with Crippen molar-refractivity contribution in [2.45, 2.75) is 264 Å². The summed E-state index contributed by atoms with van der Waals surface area (Å²) < 4.78 is 16.8. The van der Waals surface area contributed by atoms with Gasteiger partial charge in [0.1, 0.15) is 13.2 Å². The maximum atomic E-state index is 12.8. The number of unbranched alkanes of at least 4 members (excludes halogenated alkanes) is 27. The van der Waals surface area contributed by atoms with Crippen LogP contribution in [0.2, 0.25) is 0 Å². The summed E-state index contributed by atoms with van der Waals surface area (Å²) in [5.74, 6) is -0.951. The van der Waals surface area contributed by atoms with Gasteiger partial charge in [-0.15, -0.1) is 0 Å². The van der Waals surface area contributed by atoms with Gasteiger partial charge in [0.15, 0.2) is 6.10 Å². The molecule has 0 aromatic heterocycles. The van der Waals surface area contributed by atoms with Crippen molar-refractivity contribution < 1.29 is 28.6 Å². The van der Waals surface area contributed by atoms with Gasteiger partial charge in [-0.25, -0.2) is 0 Å². The Morgan fingerprint density at radius 1 is 0.344 bits per heavy atom. The fourth-order valence-electron chi connectivity index (χ4n) is 7.40. The number of allylic oxidation sites excluding steroid dienone is 12. The van der Waals surface area contributed by atoms with E-state index >= 15 is 0 Å². The summed E-state index contributed by atoms with van der Waals surface area (Å²) >= 11 is 0. The van der Waals surface area contributed by atoms with E-state index in [-0.39, 0.29) is 37.5 Å². The molecule has 0 aromatic carbocycles. The third-order valence-electron chi connectivity index (χ3n) is 11.5. The summed E-state index contributed by atoms with van der Waals surface area (Å²) in [4.78, 5) is 38.0. The third kappa shape index (κ3) is 49.9. The van der Waals surface area contributed by atoms with Crippen LogP contribution in [0.4, 0.5) is 0 Å². The van der Waals surface area contributed by atoms with Crippen LogP contribution in [0.15, 0.2) is 72.9 Å². The average molecular weight is 893 g/mol. The van der Waals surface area contributed by atoms with Gasteiger partial charge < -0.3 is 14.2 Å². The fraction of sp³-hybridized carbons (Fsp3) is 0.741. The van der Waals surface area contributed by atoms with Crippen molar-refractivity contribution in [3.05, 3.63) is 72.9 Å². The van der Waals surface area contributed by atoms with Crippen LogP contribution in [-0.4, -0.2) is 37.2 Å². The quantitative estimate of drug-likeness (QED) is 0.0199. The molecular formula is C58H100O6. The lowest BCUT2D eigenvalue weighted by Crippen LogP contribution is -2.30. The molecule has 0 fully saturated rings. The largest absolute Gasteiger partial charge is 0.462 e. The molecule has 0 bridgehead atoms.